The zero-order valence-corrected chi connectivity index (χ0v) is 10.7. The summed E-state index contributed by atoms with van der Waals surface area (Å²) in [5, 5.41) is 0. The van der Waals surface area contributed by atoms with Gasteiger partial charge < -0.3 is 0 Å². The van der Waals surface area contributed by atoms with Crippen LogP contribution in [-0.2, 0) is 12.8 Å². The summed E-state index contributed by atoms with van der Waals surface area (Å²) >= 11 is 3.48. The monoisotopic (exact) mass is 236 g/mol. The molecule has 0 saturated carbocycles. The number of halogens is 1. The van der Waals surface area contributed by atoms with Crippen LogP contribution in [0.4, 0.5) is 0 Å². The summed E-state index contributed by atoms with van der Waals surface area (Å²) in [5.41, 5.74) is 3.12. The van der Waals surface area contributed by atoms with Crippen LogP contribution in [-0.4, -0.2) is 18.2 Å². The topological polar surface area (TPSA) is 0 Å². The lowest BCUT2D eigenvalue weighted by molar-refractivity contribution is 1.05. The van der Waals surface area contributed by atoms with Crippen molar-refractivity contribution in [3.05, 3.63) is 29.3 Å². The molecule has 1 rings (SSSR count). The van der Waals surface area contributed by atoms with Gasteiger partial charge in [0, 0.05) is 0 Å². The zero-order chi connectivity index (χ0) is 8.97. The second-order valence-electron chi connectivity index (χ2n) is 2.90. The first kappa shape index (κ1) is 10.5. The highest BCUT2D eigenvalue weighted by Gasteiger charge is 2.04. The van der Waals surface area contributed by atoms with Crippen molar-refractivity contribution >= 4 is 34.8 Å². The minimum absolute atomic E-state index is 0.167. The van der Waals surface area contributed by atoms with Gasteiger partial charge in [0.1, 0.15) is 0 Å². The lowest BCUT2D eigenvalue weighted by atomic mass is 10.0. The summed E-state index contributed by atoms with van der Waals surface area (Å²) in [7, 11) is 0. The van der Waals surface area contributed by atoms with Crippen molar-refractivity contribution in [1.29, 1.82) is 0 Å². The molecule has 0 atom stereocenters. The van der Waals surface area contributed by atoms with Crippen molar-refractivity contribution in [1.82, 2.24) is 0 Å². The molecule has 1 aromatic rings. The summed E-state index contributed by atoms with van der Waals surface area (Å²) < 4.78 is 1.58. The van der Waals surface area contributed by atoms with Crippen molar-refractivity contribution in [3.63, 3.8) is 0 Å². The van der Waals surface area contributed by atoms with E-state index >= 15 is 0 Å². The Kier molecular flexibility index (Phi) is 4.61. The first-order chi connectivity index (χ1) is 5.83. The van der Waals surface area contributed by atoms with Gasteiger partial charge in [-0.2, -0.15) is 0 Å². The van der Waals surface area contributed by atoms with Crippen LogP contribution < -0.4 is 3.69 Å². The van der Waals surface area contributed by atoms with Crippen molar-refractivity contribution < 1.29 is 0 Å². The number of hydrogen-bond acceptors (Lipinski definition) is 0. The third kappa shape index (κ3) is 2.24. The highest BCUT2D eigenvalue weighted by molar-refractivity contribution is 9.23. The molecule has 2 heteroatoms. The highest BCUT2D eigenvalue weighted by atomic mass is 79.9. The number of aryl methyl sites for hydroxylation is 1. The van der Waals surface area contributed by atoms with Gasteiger partial charge in [0.05, 0.1) is 0 Å². The van der Waals surface area contributed by atoms with Gasteiger partial charge in [0.15, 0.2) is 0 Å². The number of rotatable bonds is 3. The third-order valence-electron chi connectivity index (χ3n) is 2.25. The zero-order valence-electron chi connectivity index (χ0n) is 7.73. The van der Waals surface area contributed by atoms with Crippen LogP contribution in [0.5, 0.6) is 0 Å². The summed E-state index contributed by atoms with van der Waals surface area (Å²) in [6.45, 7) is 4.48. The second kappa shape index (κ2) is 5.25. The standard InChI is InChI=1S/C10H13.BrH.Mg/c1-3-9-7-5-6-8-10(9)4-2;;/h5-7H,3-4H2,1-2H3;1H;/q;;+1/p-1. The van der Waals surface area contributed by atoms with E-state index in [2.05, 4.69) is 44.9 Å². The van der Waals surface area contributed by atoms with Crippen LogP contribution >= 0.6 is 12.9 Å². The quantitative estimate of drug-likeness (QED) is 0.709. The van der Waals surface area contributed by atoms with Crippen LogP contribution in [0, 0.1) is 0 Å². The molecule has 0 N–H and O–H groups in total. The molecule has 0 aliphatic carbocycles. The fraction of sp³-hybridized carbons (Fsp3) is 0.400. The van der Waals surface area contributed by atoms with Crippen LogP contribution in [0.2, 0.25) is 0 Å². The first-order valence-electron chi connectivity index (χ1n) is 4.49. The summed E-state index contributed by atoms with van der Waals surface area (Å²) in [5.74, 6) is 0. The predicted octanol–water partition coefficient (Wildman–Crippen LogP) is 2.45. The Morgan fingerprint density at radius 3 is 2.50 bits per heavy atom. The Morgan fingerprint density at radius 2 is 2.00 bits per heavy atom. The molecule has 0 heterocycles. The molecule has 0 radical (unpaired) electrons. The molecule has 0 fully saturated rings. The molecule has 0 amide bonds. The molecule has 12 heavy (non-hydrogen) atoms. The van der Waals surface area contributed by atoms with Gasteiger partial charge >= 0.3 is 18.2 Å². The summed E-state index contributed by atoms with van der Waals surface area (Å²) in [6, 6.07) is 6.69. The molecule has 0 nitrogen and oxygen atoms in total. The molecular weight excluding hydrogens is 224 g/mol. The summed E-state index contributed by atoms with van der Waals surface area (Å²) in [4.78, 5) is 0. The van der Waals surface area contributed by atoms with Crippen LogP contribution in [0.3, 0.4) is 0 Å². The molecule has 0 spiro atoms. The molecule has 1 aromatic carbocycles. The fourth-order valence-corrected chi connectivity index (χ4v) is 4.04. The predicted molar refractivity (Wildman–Crippen MR) is 59.5 cm³/mol. The maximum atomic E-state index is 3.65. The van der Waals surface area contributed by atoms with Crippen molar-refractivity contribution in [2.75, 3.05) is 0 Å². The van der Waals surface area contributed by atoms with Gasteiger partial charge in [-0.3, -0.25) is 12.9 Å². The average molecular weight is 237 g/mol. The van der Waals surface area contributed by atoms with E-state index in [1.165, 1.54) is 18.4 Å². The molecule has 0 aliphatic rings. The van der Waals surface area contributed by atoms with Crippen molar-refractivity contribution in [2.24, 2.45) is 0 Å². The van der Waals surface area contributed by atoms with E-state index in [1.54, 1.807) is 9.26 Å². The van der Waals surface area contributed by atoms with E-state index in [0.29, 0.717) is 0 Å². The van der Waals surface area contributed by atoms with Gasteiger partial charge in [0.25, 0.3) is 0 Å². The van der Waals surface area contributed by atoms with Gasteiger partial charge in [-0.15, -0.1) is 3.69 Å². The Morgan fingerprint density at radius 1 is 1.25 bits per heavy atom. The molecule has 0 saturated heterocycles. The molecular formula is C10H13BrMg. The molecule has 62 valence electrons. The fourth-order valence-electron chi connectivity index (χ4n) is 1.60. The smallest absolute Gasteiger partial charge is 0.296 e. The minimum Gasteiger partial charge on any atom is -0.296 e. The number of hydrogen-bond donors (Lipinski definition) is 0. The van der Waals surface area contributed by atoms with Crippen molar-refractivity contribution in [2.45, 2.75) is 26.7 Å². The Bertz CT molecular complexity index is 236. The molecule has 0 unspecified atom stereocenters. The van der Waals surface area contributed by atoms with Crippen LogP contribution in [0.25, 0.3) is 0 Å². The highest BCUT2D eigenvalue weighted by Crippen LogP contribution is 2.08. The van der Waals surface area contributed by atoms with Gasteiger partial charge in [0.2, 0.25) is 0 Å². The van der Waals surface area contributed by atoms with Gasteiger partial charge in [-0.05, 0) is 18.4 Å². The lowest BCUT2D eigenvalue weighted by Crippen LogP contribution is -2.16. The van der Waals surface area contributed by atoms with Crippen LogP contribution in [0.15, 0.2) is 18.2 Å². The molecule has 0 aliphatic heterocycles. The van der Waals surface area contributed by atoms with E-state index in [0.717, 1.165) is 0 Å². The van der Waals surface area contributed by atoms with Gasteiger partial charge in [-0.25, -0.2) is 0 Å². The Labute approximate surface area is 90.3 Å². The van der Waals surface area contributed by atoms with E-state index < -0.39 is 0 Å². The van der Waals surface area contributed by atoms with E-state index in [-0.39, 0.29) is 18.2 Å². The minimum atomic E-state index is -0.167. The number of benzene rings is 1. The SMILES string of the molecule is CCc1ccc[c]([Mg][Br])c1CC. The average Bonchev–Trinajstić information content (AvgIpc) is 2.16. The van der Waals surface area contributed by atoms with Gasteiger partial charge in [-0.1, -0.05) is 37.6 Å². The largest absolute Gasteiger partial charge is 0.507 e. The normalized spacial score (nSPS) is 9.58. The maximum Gasteiger partial charge on any atom is 0.507 e. The molecule has 0 bridgehead atoms. The van der Waals surface area contributed by atoms with E-state index in [1.807, 2.05) is 0 Å². The Hall–Kier alpha value is 0.466. The van der Waals surface area contributed by atoms with E-state index in [9.17, 15) is 0 Å². The van der Waals surface area contributed by atoms with E-state index in [4.69, 9.17) is 0 Å². The second-order valence-corrected chi connectivity index (χ2v) is 5.61. The first-order valence-corrected chi connectivity index (χ1v) is 9.09. The lowest BCUT2D eigenvalue weighted by Gasteiger charge is -2.10. The maximum absolute atomic E-state index is 3.65. The van der Waals surface area contributed by atoms with Crippen LogP contribution in [0.1, 0.15) is 25.0 Å². The summed E-state index contributed by atoms with van der Waals surface area (Å²) in [6.07, 6.45) is 2.34. The Balaban J connectivity index is 3.13. The molecule has 0 aromatic heterocycles. The van der Waals surface area contributed by atoms with Crippen molar-refractivity contribution in [3.8, 4) is 0 Å². The third-order valence-corrected chi connectivity index (χ3v) is 5.01.